The predicted octanol–water partition coefficient (Wildman–Crippen LogP) is 4.22. The molecule has 1 fully saturated rings. The van der Waals surface area contributed by atoms with Crippen LogP contribution in [-0.4, -0.2) is 71.4 Å². The molecule has 1 amide bonds. The lowest BCUT2D eigenvalue weighted by Crippen LogP contribution is -2.49. The van der Waals surface area contributed by atoms with Gasteiger partial charge in [0.15, 0.2) is 0 Å². The molecule has 7 nitrogen and oxygen atoms in total. The lowest BCUT2D eigenvalue weighted by molar-refractivity contribution is -0.138. The van der Waals surface area contributed by atoms with Gasteiger partial charge in [-0.15, -0.1) is 0 Å². The lowest BCUT2D eigenvalue weighted by Gasteiger charge is -2.33. The van der Waals surface area contributed by atoms with Gasteiger partial charge in [-0.2, -0.15) is 13.2 Å². The number of allylic oxidation sites excluding steroid dienone is 1. The van der Waals surface area contributed by atoms with Crippen LogP contribution in [0, 0.1) is 5.41 Å². The van der Waals surface area contributed by atoms with Crippen molar-refractivity contribution < 1.29 is 27.9 Å². The fourth-order valence-corrected chi connectivity index (χ4v) is 3.58. The highest BCUT2D eigenvalue weighted by Gasteiger charge is 2.33. The Balaban J connectivity index is 1.79. The third kappa shape index (κ3) is 6.58. The zero-order valence-corrected chi connectivity index (χ0v) is 18.7. The number of hydrogen-bond donors (Lipinski definition) is 3. The standard InChI is InChI=1S/C23H22ClF3N4O3/c24-17-3-1-2-4-18(17)29-19(13-20(28)23(25,26)27)15-5-7-16(8-6-15)22(34)31-11-9-30(10-12-31)14-21(32)33/h1-8,13,28-29H,9-12,14H2,(H,32,33)/b19-13-,28-20?. The van der Waals surface area contributed by atoms with E-state index in [0.717, 1.165) is 0 Å². The number of halogens is 4. The monoisotopic (exact) mass is 494 g/mol. The number of carboxylic acid groups (broad SMARTS) is 1. The Hall–Kier alpha value is -3.37. The smallest absolute Gasteiger partial charge is 0.432 e. The van der Waals surface area contributed by atoms with Gasteiger partial charge in [-0.25, -0.2) is 0 Å². The number of nitrogens with zero attached hydrogens (tertiary/aromatic N) is 2. The van der Waals surface area contributed by atoms with E-state index in [0.29, 0.717) is 54.1 Å². The first-order valence-corrected chi connectivity index (χ1v) is 10.7. The number of alkyl halides is 3. The number of carboxylic acids is 1. The van der Waals surface area contributed by atoms with E-state index in [1.807, 2.05) is 0 Å². The van der Waals surface area contributed by atoms with Gasteiger partial charge in [-0.05, 0) is 35.9 Å². The molecule has 0 unspecified atom stereocenters. The maximum absolute atomic E-state index is 13.0. The van der Waals surface area contributed by atoms with Gasteiger partial charge in [0.2, 0.25) is 0 Å². The number of anilines is 1. The topological polar surface area (TPSA) is 96.7 Å². The minimum atomic E-state index is -4.83. The molecule has 2 aromatic rings. The van der Waals surface area contributed by atoms with E-state index in [9.17, 15) is 22.8 Å². The van der Waals surface area contributed by atoms with Crippen LogP contribution < -0.4 is 5.32 Å². The number of carbonyl (C=O) groups is 2. The molecular formula is C23H22ClF3N4O3. The zero-order chi connectivity index (χ0) is 24.9. The van der Waals surface area contributed by atoms with Crippen LogP contribution in [0.25, 0.3) is 5.70 Å². The number of nitrogens with one attached hydrogen (secondary N) is 2. The second-order valence-electron chi connectivity index (χ2n) is 7.61. The van der Waals surface area contributed by atoms with Crippen molar-refractivity contribution in [3.63, 3.8) is 0 Å². The van der Waals surface area contributed by atoms with Gasteiger partial charge in [0, 0.05) is 37.4 Å². The lowest BCUT2D eigenvalue weighted by atomic mass is 10.1. The molecule has 0 radical (unpaired) electrons. The Morgan fingerprint density at radius 2 is 1.62 bits per heavy atom. The van der Waals surface area contributed by atoms with Crippen LogP contribution in [0.2, 0.25) is 5.02 Å². The van der Waals surface area contributed by atoms with E-state index >= 15 is 0 Å². The zero-order valence-electron chi connectivity index (χ0n) is 17.9. The molecule has 0 bridgehead atoms. The van der Waals surface area contributed by atoms with Gasteiger partial charge in [-0.1, -0.05) is 35.9 Å². The predicted molar refractivity (Wildman–Crippen MR) is 123 cm³/mol. The highest BCUT2D eigenvalue weighted by molar-refractivity contribution is 6.33. The Morgan fingerprint density at radius 3 is 2.18 bits per heavy atom. The first-order chi connectivity index (χ1) is 16.0. The first kappa shape index (κ1) is 25.3. The fourth-order valence-electron chi connectivity index (χ4n) is 3.40. The van der Waals surface area contributed by atoms with Crippen LogP contribution >= 0.6 is 11.6 Å². The molecule has 1 aliphatic rings. The van der Waals surface area contributed by atoms with Gasteiger partial charge in [0.1, 0.15) is 5.71 Å². The molecule has 0 saturated carbocycles. The first-order valence-electron chi connectivity index (χ1n) is 10.3. The van der Waals surface area contributed by atoms with Gasteiger partial charge in [-0.3, -0.25) is 19.9 Å². The molecule has 11 heteroatoms. The summed E-state index contributed by atoms with van der Waals surface area (Å²) in [6, 6.07) is 12.5. The van der Waals surface area contributed by atoms with E-state index in [4.69, 9.17) is 22.1 Å². The summed E-state index contributed by atoms with van der Waals surface area (Å²) in [5.41, 5.74) is -0.502. The molecular weight excluding hydrogens is 473 g/mol. The average Bonchev–Trinajstić information content (AvgIpc) is 2.79. The number of para-hydroxylation sites is 1. The molecule has 1 saturated heterocycles. The highest BCUT2D eigenvalue weighted by atomic mass is 35.5. The Bertz CT molecular complexity index is 1100. The summed E-state index contributed by atoms with van der Waals surface area (Å²) in [4.78, 5) is 27.0. The Labute approximate surface area is 198 Å². The van der Waals surface area contributed by atoms with E-state index in [1.165, 1.54) is 24.3 Å². The minimum absolute atomic E-state index is 0.00305. The normalized spacial score (nSPS) is 15.2. The summed E-state index contributed by atoms with van der Waals surface area (Å²) in [5.74, 6) is -1.18. The van der Waals surface area contributed by atoms with Crippen molar-refractivity contribution in [2.75, 3.05) is 38.0 Å². The number of hydrogen-bond acceptors (Lipinski definition) is 5. The molecule has 0 aromatic heterocycles. The van der Waals surface area contributed by atoms with E-state index in [1.54, 1.807) is 34.1 Å². The fraction of sp³-hybridized carbons (Fsp3) is 0.261. The van der Waals surface area contributed by atoms with E-state index in [-0.39, 0.29) is 18.1 Å². The average molecular weight is 495 g/mol. The molecule has 0 atom stereocenters. The van der Waals surface area contributed by atoms with Crippen LogP contribution in [0.1, 0.15) is 15.9 Å². The molecule has 34 heavy (non-hydrogen) atoms. The molecule has 0 aliphatic carbocycles. The molecule has 2 aromatic carbocycles. The van der Waals surface area contributed by atoms with Gasteiger partial charge in [0.05, 0.1) is 17.3 Å². The quantitative estimate of drug-likeness (QED) is 0.501. The third-order valence-corrected chi connectivity index (χ3v) is 5.53. The van der Waals surface area contributed by atoms with Crippen LogP contribution in [0.15, 0.2) is 54.6 Å². The van der Waals surface area contributed by atoms with Crippen molar-refractivity contribution in [3.8, 4) is 0 Å². The van der Waals surface area contributed by atoms with Crippen molar-refractivity contribution in [1.82, 2.24) is 9.80 Å². The van der Waals surface area contributed by atoms with Crippen LogP contribution in [0.4, 0.5) is 18.9 Å². The number of benzene rings is 2. The van der Waals surface area contributed by atoms with Crippen LogP contribution in [0.5, 0.6) is 0 Å². The number of rotatable bonds is 7. The van der Waals surface area contributed by atoms with Crippen molar-refractivity contribution in [2.45, 2.75) is 6.18 Å². The third-order valence-electron chi connectivity index (χ3n) is 5.20. The van der Waals surface area contributed by atoms with Crippen LogP contribution in [-0.2, 0) is 4.79 Å². The molecule has 1 aliphatic heterocycles. The maximum atomic E-state index is 13.0. The summed E-state index contributed by atoms with van der Waals surface area (Å²) in [6.45, 7) is 1.53. The summed E-state index contributed by atoms with van der Waals surface area (Å²) < 4.78 is 39.0. The number of carbonyl (C=O) groups excluding carboxylic acids is 1. The summed E-state index contributed by atoms with van der Waals surface area (Å²) in [6.07, 6.45) is -4.16. The summed E-state index contributed by atoms with van der Waals surface area (Å²) in [7, 11) is 0. The largest absolute Gasteiger partial charge is 0.480 e. The van der Waals surface area contributed by atoms with Gasteiger partial charge in [0.25, 0.3) is 5.91 Å². The SMILES string of the molecule is N=C(/C=C(\Nc1ccccc1Cl)c1ccc(C(=O)N2CCN(CC(=O)O)CC2)cc1)C(F)(F)F. The van der Waals surface area contributed by atoms with E-state index in [2.05, 4.69) is 5.32 Å². The Kier molecular flexibility index (Phi) is 7.95. The molecule has 0 spiro atoms. The molecule has 180 valence electrons. The van der Waals surface area contributed by atoms with Crippen molar-refractivity contribution in [2.24, 2.45) is 0 Å². The molecule has 3 rings (SSSR count). The number of amides is 1. The van der Waals surface area contributed by atoms with E-state index < -0.39 is 17.9 Å². The number of piperazine rings is 1. The van der Waals surface area contributed by atoms with Crippen molar-refractivity contribution >= 4 is 40.6 Å². The minimum Gasteiger partial charge on any atom is -0.480 e. The number of aliphatic carboxylic acids is 1. The Morgan fingerprint density at radius 1 is 1.03 bits per heavy atom. The maximum Gasteiger partial charge on any atom is 0.432 e. The summed E-state index contributed by atoms with van der Waals surface area (Å²) in [5, 5.41) is 19.4. The van der Waals surface area contributed by atoms with Gasteiger partial charge >= 0.3 is 12.1 Å². The van der Waals surface area contributed by atoms with Crippen molar-refractivity contribution in [1.29, 1.82) is 5.41 Å². The van der Waals surface area contributed by atoms with Crippen LogP contribution in [0.3, 0.4) is 0 Å². The highest BCUT2D eigenvalue weighted by Crippen LogP contribution is 2.27. The summed E-state index contributed by atoms with van der Waals surface area (Å²) >= 11 is 6.12. The van der Waals surface area contributed by atoms with Crippen molar-refractivity contribution in [3.05, 3.63) is 70.8 Å². The molecule has 3 N–H and O–H groups in total. The second kappa shape index (κ2) is 10.7. The molecule has 1 heterocycles. The van der Waals surface area contributed by atoms with Gasteiger partial charge < -0.3 is 15.3 Å². The second-order valence-corrected chi connectivity index (χ2v) is 8.02.